The summed E-state index contributed by atoms with van der Waals surface area (Å²) in [7, 11) is 5.16. The SMILES string of the molecule is COc1ccc(C(C#N)(CCCN(C)CC(C)CC(=O)CC(=O)O)C(C)C)cc1OC. The molecule has 172 valence electrons. The van der Waals surface area contributed by atoms with E-state index >= 15 is 0 Å². The van der Waals surface area contributed by atoms with Gasteiger partial charge in [0, 0.05) is 13.0 Å². The average molecular weight is 433 g/mol. The second-order valence-corrected chi connectivity index (χ2v) is 8.59. The van der Waals surface area contributed by atoms with E-state index in [0.717, 1.165) is 18.5 Å². The van der Waals surface area contributed by atoms with Crippen LogP contribution in [0.25, 0.3) is 0 Å². The Hall–Kier alpha value is -2.59. The minimum Gasteiger partial charge on any atom is -0.493 e. The molecule has 7 nitrogen and oxygen atoms in total. The zero-order valence-electron chi connectivity index (χ0n) is 19.6. The van der Waals surface area contributed by atoms with E-state index in [1.807, 2.05) is 32.2 Å². The van der Waals surface area contributed by atoms with Crippen molar-refractivity contribution >= 4 is 11.8 Å². The molecule has 0 aliphatic carbocycles. The fourth-order valence-corrected chi connectivity index (χ4v) is 4.07. The smallest absolute Gasteiger partial charge is 0.310 e. The van der Waals surface area contributed by atoms with Gasteiger partial charge in [0.1, 0.15) is 12.2 Å². The second-order valence-electron chi connectivity index (χ2n) is 8.59. The molecule has 1 aromatic carbocycles. The Bertz CT molecular complexity index is 787. The van der Waals surface area contributed by atoms with Crippen molar-refractivity contribution in [2.24, 2.45) is 11.8 Å². The molecule has 0 fully saturated rings. The summed E-state index contributed by atoms with van der Waals surface area (Å²) in [6.07, 6.45) is 1.34. The number of rotatable bonds is 14. The Morgan fingerprint density at radius 3 is 2.35 bits per heavy atom. The molecule has 0 saturated heterocycles. The molecule has 0 aromatic heterocycles. The number of carboxylic acids is 1. The lowest BCUT2D eigenvalue weighted by Gasteiger charge is -2.32. The van der Waals surface area contributed by atoms with E-state index in [1.54, 1.807) is 14.2 Å². The zero-order chi connectivity index (χ0) is 23.6. The summed E-state index contributed by atoms with van der Waals surface area (Å²) < 4.78 is 10.8. The summed E-state index contributed by atoms with van der Waals surface area (Å²) in [6.45, 7) is 7.54. The van der Waals surface area contributed by atoms with Gasteiger partial charge in [-0.1, -0.05) is 26.8 Å². The molecular formula is C24H36N2O5. The van der Waals surface area contributed by atoms with Gasteiger partial charge in [0.05, 0.1) is 25.7 Å². The standard InChI is InChI=1S/C24H36N2O5/c1-17(2)24(16-25,19-8-9-21(30-5)22(13-19)31-6)10-7-11-26(4)15-18(3)12-20(27)14-23(28)29/h8-9,13,17-18H,7,10-12,14-15H2,1-6H3,(H,28,29). The molecule has 0 aliphatic heterocycles. The number of hydrogen-bond acceptors (Lipinski definition) is 6. The Morgan fingerprint density at radius 1 is 1.19 bits per heavy atom. The van der Waals surface area contributed by atoms with Gasteiger partial charge in [-0.2, -0.15) is 5.26 Å². The van der Waals surface area contributed by atoms with Crippen LogP contribution in [0.1, 0.15) is 52.0 Å². The highest BCUT2D eigenvalue weighted by atomic mass is 16.5. The largest absolute Gasteiger partial charge is 0.493 e. The summed E-state index contributed by atoms with van der Waals surface area (Å²) in [6, 6.07) is 8.23. The van der Waals surface area contributed by atoms with Crippen LogP contribution < -0.4 is 9.47 Å². The lowest BCUT2D eigenvalue weighted by Crippen LogP contribution is -2.33. The van der Waals surface area contributed by atoms with E-state index in [2.05, 4.69) is 24.8 Å². The average Bonchev–Trinajstić information content (AvgIpc) is 2.69. The molecule has 0 amide bonds. The predicted molar refractivity (Wildman–Crippen MR) is 119 cm³/mol. The van der Waals surface area contributed by atoms with E-state index < -0.39 is 17.8 Å². The molecule has 2 atom stereocenters. The van der Waals surface area contributed by atoms with Gasteiger partial charge in [-0.3, -0.25) is 9.59 Å². The van der Waals surface area contributed by atoms with Crippen LogP contribution in [0.2, 0.25) is 0 Å². The van der Waals surface area contributed by atoms with E-state index in [-0.39, 0.29) is 24.0 Å². The van der Waals surface area contributed by atoms with Crippen molar-refractivity contribution in [2.75, 3.05) is 34.4 Å². The highest BCUT2D eigenvalue weighted by molar-refractivity contribution is 5.94. The maximum absolute atomic E-state index is 11.7. The molecular weight excluding hydrogens is 396 g/mol. The molecule has 0 heterocycles. The van der Waals surface area contributed by atoms with Gasteiger partial charge in [0.15, 0.2) is 11.5 Å². The zero-order valence-corrected chi connectivity index (χ0v) is 19.6. The van der Waals surface area contributed by atoms with Crippen LogP contribution in [0, 0.1) is 23.2 Å². The van der Waals surface area contributed by atoms with Gasteiger partial charge in [-0.15, -0.1) is 0 Å². The second kappa shape index (κ2) is 12.3. The van der Waals surface area contributed by atoms with Crippen LogP contribution in [0.4, 0.5) is 0 Å². The maximum Gasteiger partial charge on any atom is 0.310 e. The van der Waals surface area contributed by atoms with E-state index in [4.69, 9.17) is 14.6 Å². The topological polar surface area (TPSA) is 99.9 Å². The lowest BCUT2D eigenvalue weighted by atomic mass is 9.69. The maximum atomic E-state index is 11.7. The summed E-state index contributed by atoms with van der Waals surface area (Å²) in [5.41, 5.74) is 0.265. The van der Waals surface area contributed by atoms with Crippen LogP contribution in [0.3, 0.4) is 0 Å². The van der Waals surface area contributed by atoms with Crippen molar-refractivity contribution in [3.63, 3.8) is 0 Å². The van der Waals surface area contributed by atoms with Gasteiger partial charge in [0.2, 0.25) is 0 Å². The number of nitriles is 1. The van der Waals surface area contributed by atoms with Crippen molar-refractivity contribution < 1.29 is 24.2 Å². The van der Waals surface area contributed by atoms with Crippen molar-refractivity contribution in [1.29, 1.82) is 5.26 Å². The summed E-state index contributed by atoms with van der Waals surface area (Å²) in [5, 5.41) is 18.9. The van der Waals surface area contributed by atoms with Crippen LogP contribution in [0.15, 0.2) is 18.2 Å². The minimum atomic E-state index is -1.08. The Morgan fingerprint density at radius 2 is 1.84 bits per heavy atom. The molecule has 2 unspecified atom stereocenters. The molecule has 31 heavy (non-hydrogen) atoms. The predicted octanol–water partition coefficient (Wildman–Crippen LogP) is 3.90. The molecule has 0 saturated carbocycles. The highest BCUT2D eigenvalue weighted by Crippen LogP contribution is 2.40. The first-order valence-electron chi connectivity index (χ1n) is 10.6. The number of aliphatic carboxylic acids is 1. The first kappa shape index (κ1) is 26.4. The lowest BCUT2D eigenvalue weighted by molar-refractivity contribution is -0.140. The van der Waals surface area contributed by atoms with Crippen molar-refractivity contribution in [3.05, 3.63) is 23.8 Å². The number of hydrogen-bond donors (Lipinski definition) is 1. The summed E-state index contributed by atoms with van der Waals surface area (Å²) >= 11 is 0. The number of ketones is 1. The summed E-state index contributed by atoms with van der Waals surface area (Å²) in [4.78, 5) is 24.5. The van der Waals surface area contributed by atoms with E-state index in [0.29, 0.717) is 24.5 Å². The van der Waals surface area contributed by atoms with Crippen molar-refractivity contribution in [1.82, 2.24) is 4.90 Å². The van der Waals surface area contributed by atoms with Gasteiger partial charge < -0.3 is 19.5 Å². The van der Waals surface area contributed by atoms with Gasteiger partial charge in [-0.25, -0.2) is 0 Å². The number of benzene rings is 1. The Kier molecular flexibility index (Phi) is 10.5. The van der Waals surface area contributed by atoms with E-state index in [9.17, 15) is 14.9 Å². The molecule has 1 rings (SSSR count). The number of carbonyl (C=O) groups excluding carboxylic acids is 1. The van der Waals surface area contributed by atoms with Gasteiger partial charge in [-0.05, 0) is 56.0 Å². The van der Waals surface area contributed by atoms with Crippen LogP contribution >= 0.6 is 0 Å². The highest BCUT2D eigenvalue weighted by Gasteiger charge is 2.36. The number of carbonyl (C=O) groups is 2. The summed E-state index contributed by atoms with van der Waals surface area (Å²) in [5.74, 6) is 0.0969. The molecule has 1 aromatic rings. The normalized spacial score (nSPS) is 14.0. The first-order valence-corrected chi connectivity index (χ1v) is 10.6. The third-order valence-corrected chi connectivity index (χ3v) is 5.74. The van der Waals surface area contributed by atoms with Crippen LogP contribution in [-0.4, -0.2) is 56.1 Å². The van der Waals surface area contributed by atoms with E-state index in [1.165, 1.54) is 0 Å². The third kappa shape index (κ3) is 7.55. The fraction of sp³-hybridized carbons (Fsp3) is 0.625. The number of carboxylic acid groups (broad SMARTS) is 1. The van der Waals surface area contributed by atoms with Crippen molar-refractivity contribution in [3.8, 4) is 17.6 Å². The van der Waals surface area contributed by atoms with Crippen LogP contribution in [0.5, 0.6) is 11.5 Å². The molecule has 0 bridgehead atoms. The number of ether oxygens (including phenoxy) is 2. The third-order valence-electron chi connectivity index (χ3n) is 5.74. The molecule has 0 radical (unpaired) electrons. The Balaban J connectivity index is 2.79. The van der Waals surface area contributed by atoms with Crippen molar-refractivity contribution in [2.45, 2.75) is 51.9 Å². The molecule has 7 heteroatoms. The monoisotopic (exact) mass is 432 g/mol. The molecule has 0 spiro atoms. The van der Waals surface area contributed by atoms with Crippen LogP contribution in [-0.2, 0) is 15.0 Å². The Labute approximate surface area is 185 Å². The van der Waals surface area contributed by atoms with Gasteiger partial charge >= 0.3 is 5.97 Å². The molecule has 0 aliphatic rings. The first-order chi connectivity index (χ1) is 14.6. The molecule has 1 N–H and O–H groups in total. The number of methoxy groups -OCH3 is 2. The number of nitrogens with zero attached hydrogens (tertiary/aromatic N) is 2. The minimum absolute atomic E-state index is 0.0773. The fourth-order valence-electron chi connectivity index (χ4n) is 4.07. The number of Topliss-reactive ketones (excluding diaryl/α,β-unsaturated/α-hetero) is 1. The quantitative estimate of drug-likeness (QED) is 0.445. The van der Waals surface area contributed by atoms with Gasteiger partial charge in [0.25, 0.3) is 0 Å².